The number of carbonyl (C=O) groups excluding carboxylic acids is 5. The molecule has 2 atom stereocenters. The molecule has 3 amide bonds. The summed E-state index contributed by atoms with van der Waals surface area (Å²) in [6.07, 6.45) is 4.36. The molecule has 0 spiro atoms. The van der Waals surface area contributed by atoms with Crippen molar-refractivity contribution in [3.8, 4) is 5.75 Å². The first-order chi connectivity index (χ1) is 20.0. The van der Waals surface area contributed by atoms with E-state index in [1.54, 1.807) is 0 Å². The maximum atomic E-state index is 13.7. The predicted octanol–water partition coefficient (Wildman–Crippen LogP) is 6.71. The lowest BCUT2D eigenvalue weighted by molar-refractivity contribution is -0.154. The van der Waals surface area contributed by atoms with Crippen molar-refractivity contribution in [3.63, 3.8) is 0 Å². The first kappa shape index (κ1) is 29.8. The fourth-order valence-corrected chi connectivity index (χ4v) is 5.57. The van der Waals surface area contributed by atoms with Crippen LogP contribution in [0.1, 0.15) is 43.9 Å². The highest BCUT2D eigenvalue weighted by Gasteiger charge is 2.51. The van der Waals surface area contributed by atoms with Gasteiger partial charge in [-0.3, -0.25) is 19.2 Å². The Morgan fingerprint density at radius 1 is 0.762 bits per heavy atom. The molecule has 5 rings (SSSR count). The molecule has 0 saturated carbocycles. The maximum absolute atomic E-state index is 13.7. The lowest BCUT2D eigenvalue weighted by Crippen LogP contribution is -2.52. The number of hydrogen-bond acceptors (Lipinski definition) is 6. The molecule has 1 fully saturated rings. The van der Waals surface area contributed by atoms with E-state index in [4.69, 9.17) is 51.1 Å². The van der Waals surface area contributed by atoms with E-state index in [9.17, 15) is 24.0 Å². The highest BCUT2D eigenvalue weighted by atomic mass is 35.5. The number of ether oxygens (including phenoxy) is 1. The fraction of sp³-hybridized carbons (Fsp3) is 0.167. The van der Waals surface area contributed by atoms with Crippen molar-refractivity contribution in [3.05, 3.63) is 110 Å². The summed E-state index contributed by atoms with van der Waals surface area (Å²) in [7, 11) is 0. The molecule has 1 aliphatic heterocycles. The van der Waals surface area contributed by atoms with Gasteiger partial charge in [-0.15, -0.1) is 0 Å². The minimum Gasteiger partial charge on any atom is -0.423 e. The standard InChI is InChI=1S/C30H20Cl4N2O6/c31-18-8-11-22(24(33)14-18)30(41)42-19-9-5-16(6-10-19)26(37)15-35(27(38)17-7-12-23(32)25(34)13-17)36-28(39)20-3-1-2-4-21(20)29(36)40/h1-2,5-14,20-21H,3-4,15H2/t20-,21-/m1/s1. The van der Waals surface area contributed by atoms with Crippen molar-refractivity contribution in [1.82, 2.24) is 10.0 Å². The van der Waals surface area contributed by atoms with Crippen LogP contribution in [0.25, 0.3) is 0 Å². The molecular formula is C30H20Cl4N2O6. The third-order valence-corrected chi connectivity index (χ3v) is 8.24. The van der Waals surface area contributed by atoms with E-state index in [0.717, 1.165) is 10.0 Å². The zero-order valence-corrected chi connectivity index (χ0v) is 24.6. The van der Waals surface area contributed by atoms with Crippen LogP contribution < -0.4 is 4.74 Å². The van der Waals surface area contributed by atoms with Crippen LogP contribution in [0.4, 0.5) is 0 Å². The second-order valence-electron chi connectivity index (χ2n) is 9.60. The van der Waals surface area contributed by atoms with Gasteiger partial charge in [0, 0.05) is 16.1 Å². The van der Waals surface area contributed by atoms with Gasteiger partial charge in [0.2, 0.25) is 0 Å². The van der Waals surface area contributed by atoms with Crippen molar-refractivity contribution in [1.29, 1.82) is 0 Å². The largest absolute Gasteiger partial charge is 0.423 e. The Kier molecular flexibility index (Phi) is 8.70. The van der Waals surface area contributed by atoms with Crippen LogP contribution in [-0.4, -0.2) is 46.0 Å². The second kappa shape index (κ2) is 12.3. The average molecular weight is 646 g/mol. The topological polar surface area (TPSA) is 101 Å². The van der Waals surface area contributed by atoms with E-state index in [1.165, 1.54) is 60.7 Å². The molecule has 8 nitrogen and oxygen atoms in total. The molecule has 0 unspecified atom stereocenters. The minimum absolute atomic E-state index is 0.0360. The Morgan fingerprint density at radius 3 is 1.98 bits per heavy atom. The lowest BCUT2D eigenvalue weighted by atomic mass is 9.85. The summed E-state index contributed by atoms with van der Waals surface area (Å²) >= 11 is 24.1. The molecule has 3 aromatic rings. The molecule has 3 aromatic carbocycles. The summed E-state index contributed by atoms with van der Waals surface area (Å²) in [5.41, 5.74) is 0.284. The van der Waals surface area contributed by atoms with E-state index in [0.29, 0.717) is 17.9 Å². The number of nitrogens with zero attached hydrogens (tertiary/aromatic N) is 2. The molecular weight excluding hydrogens is 626 g/mol. The maximum Gasteiger partial charge on any atom is 0.345 e. The number of allylic oxidation sites excluding steroid dienone is 2. The van der Waals surface area contributed by atoms with Gasteiger partial charge in [-0.05, 0) is 73.5 Å². The van der Waals surface area contributed by atoms with Crippen molar-refractivity contribution in [2.24, 2.45) is 11.8 Å². The number of carbonyl (C=O) groups is 5. The number of ketones is 1. The van der Waals surface area contributed by atoms with Gasteiger partial charge < -0.3 is 4.74 Å². The number of hydrogen-bond donors (Lipinski definition) is 0. The van der Waals surface area contributed by atoms with Crippen LogP contribution in [0, 0.1) is 11.8 Å². The Morgan fingerprint density at radius 2 is 1.38 bits per heavy atom. The predicted molar refractivity (Wildman–Crippen MR) is 157 cm³/mol. The molecule has 2 aliphatic rings. The third-order valence-electron chi connectivity index (χ3n) is 6.96. The zero-order valence-electron chi connectivity index (χ0n) is 21.6. The molecule has 0 bridgehead atoms. The molecule has 0 N–H and O–H groups in total. The summed E-state index contributed by atoms with van der Waals surface area (Å²) in [5.74, 6) is -4.30. The molecule has 42 heavy (non-hydrogen) atoms. The molecule has 1 saturated heterocycles. The third kappa shape index (κ3) is 5.94. The number of rotatable bonds is 7. The lowest BCUT2D eigenvalue weighted by Gasteiger charge is -2.30. The number of Topliss-reactive ketones (excluding diaryl/α,β-unsaturated/α-hetero) is 1. The minimum atomic E-state index is -0.777. The number of benzene rings is 3. The van der Waals surface area contributed by atoms with E-state index < -0.39 is 47.9 Å². The van der Waals surface area contributed by atoms with Crippen LogP contribution in [0.15, 0.2) is 72.8 Å². The highest BCUT2D eigenvalue weighted by Crippen LogP contribution is 2.36. The van der Waals surface area contributed by atoms with Gasteiger partial charge in [0.1, 0.15) is 12.3 Å². The normalized spacial score (nSPS) is 17.7. The summed E-state index contributed by atoms with van der Waals surface area (Å²) in [4.78, 5) is 66.2. The number of halogens is 4. The molecule has 12 heteroatoms. The Balaban J connectivity index is 1.38. The Labute approximate surface area is 260 Å². The van der Waals surface area contributed by atoms with Crippen LogP contribution in [0.5, 0.6) is 5.75 Å². The number of imide groups is 1. The highest BCUT2D eigenvalue weighted by molar-refractivity contribution is 6.42. The number of fused-ring (bicyclic) bond motifs is 1. The first-order valence-corrected chi connectivity index (χ1v) is 14.2. The second-order valence-corrected chi connectivity index (χ2v) is 11.3. The summed E-state index contributed by atoms with van der Waals surface area (Å²) in [6, 6.07) is 14.0. The van der Waals surface area contributed by atoms with Crippen LogP contribution in [0.2, 0.25) is 20.1 Å². The monoisotopic (exact) mass is 644 g/mol. The average Bonchev–Trinajstić information content (AvgIpc) is 3.22. The summed E-state index contributed by atoms with van der Waals surface area (Å²) in [6.45, 7) is -0.622. The molecule has 1 aliphatic carbocycles. The Bertz CT molecular complexity index is 1630. The van der Waals surface area contributed by atoms with Crippen LogP contribution in [-0.2, 0) is 9.59 Å². The quantitative estimate of drug-likeness (QED) is 0.0931. The van der Waals surface area contributed by atoms with Gasteiger partial charge >= 0.3 is 5.97 Å². The first-order valence-electron chi connectivity index (χ1n) is 12.6. The van der Waals surface area contributed by atoms with E-state index in [-0.39, 0.29) is 37.5 Å². The van der Waals surface area contributed by atoms with E-state index in [2.05, 4.69) is 0 Å². The van der Waals surface area contributed by atoms with Crippen molar-refractivity contribution >= 4 is 75.9 Å². The fourth-order valence-electron chi connectivity index (χ4n) is 4.79. The van der Waals surface area contributed by atoms with E-state index in [1.807, 2.05) is 12.2 Å². The number of hydrazine groups is 1. The van der Waals surface area contributed by atoms with Gasteiger partial charge in [0.05, 0.1) is 32.5 Å². The molecule has 0 radical (unpaired) electrons. The molecule has 1 heterocycles. The van der Waals surface area contributed by atoms with Gasteiger partial charge in [-0.2, -0.15) is 5.01 Å². The van der Waals surface area contributed by atoms with Gasteiger partial charge in [-0.1, -0.05) is 58.6 Å². The van der Waals surface area contributed by atoms with E-state index >= 15 is 0 Å². The Hall–Kier alpha value is -3.69. The SMILES string of the molecule is O=C(CN(C(=O)c1ccc(Cl)c(Cl)c1)N1C(=O)[C@@H]2CC=CC[C@H]2C1=O)c1ccc(OC(=O)c2ccc(Cl)cc2Cl)cc1. The van der Waals surface area contributed by atoms with Crippen molar-refractivity contribution in [2.75, 3.05) is 6.54 Å². The van der Waals surface area contributed by atoms with Crippen LogP contribution in [0.3, 0.4) is 0 Å². The van der Waals surface area contributed by atoms with Gasteiger partial charge in [0.15, 0.2) is 5.78 Å². The molecule has 0 aromatic heterocycles. The zero-order chi connectivity index (χ0) is 30.1. The molecule has 214 valence electrons. The van der Waals surface area contributed by atoms with Crippen LogP contribution >= 0.6 is 46.4 Å². The number of esters is 1. The van der Waals surface area contributed by atoms with Crippen molar-refractivity contribution in [2.45, 2.75) is 12.8 Å². The van der Waals surface area contributed by atoms with Gasteiger partial charge in [0.25, 0.3) is 17.7 Å². The van der Waals surface area contributed by atoms with Crippen molar-refractivity contribution < 1.29 is 28.7 Å². The smallest absolute Gasteiger partial charge is 0.345 e. The van der Waals surface area contributed by atoms with Gasteiger partial charge in [-0.25, -0.2) is 9.80 Å². The summed E-state index contributed by atoms with van der Waals surface area (Å²) < 4.78 is 5.35. The summed E-state index contributed by atoms with van der Waals surface area (Å²) in [5, 5.41) is 2.40. The number of amides is 3.